The first-order valence-electron chi connectivity index (χ1n) is 4.37. The van der Waals surface area contributed by atoms with Gasteiger partial charge in [0.1, 0.15) is 5.82 Å². The lowest BCUT2D eigenvalue weighted by atomic mass is 10.0. The molecule has 0 fully saturated rings. The highest BCUT2D eigenvalue weighted by Gasteiger charge is 2.16. The van der Waals surface area contributed by atoms with E-state index in [4.69, 9.17) is 15.9 Å². The molecule has 1 atom stereocenters. The Morgan fingerprint density at radius 1 is 1.60 bits per heavy atom. The standard InChI is InChI=1S/C10H12FNO3/c1-5-2-8(11)7(9(12)4-13)3-6(5)10(14)15/h2-3,9,13H,4,12H2,1H3,(H,14,15). The molecule has 1 rings (SSSR count). The Labute approximate surface area is 86.1 Å². The predicted octanol–water partition coefficient (Wildman–Crippen LogP) is 0.824. The van der Waals surface area contributed by atoms with Crippen LogP contribution >= 0.6 is 0 Å². The molecule has 0 aromatic heterocycles. The Hall–Kier alpha value is -1.46. The van der Waals surface area contributed by atoms with E-state index in [1.54, 1.807) is 0 Å². The molecule has 0 aliphatic heterocycles. The summed E-state index contributed by atoms with van der Waals surface area (Å²) in [6, 6.07) is 1.37. The lowest BCUT2D eigenvalue weighted by molar-refractivity contribution is 0.0696. The van der Waals surface area contributed by atoms with Gasteiger partial charge in [-0.05, 0) is 24.6 Å². The van der Waals surface area contributed by atoms with Gasteiger partial charge in [0.15, 0.2) is 0 Å². The molecule has 1 unspecified atom stereocenters. The summed E-state index contributed by atoms with van der Waals surface area (Å²) in [4.78, 5) is 10.8. The van der Waals surface area contributed by atoms with Crippen LogP contribution in [-0.4, -0.2) is 22.8 Å². The highest BCUT2D eigenvalue weighted by Crippen LogP contribution is 2.20. The zero-order valence-electron chi connectivity index (χ0n) is 8.20. The van der Waals surface area contributed by atoms with Gasteiger partial charge in [0.2, 0.25) is 0 Å². The SMILES string of the molecule is Cc1cc(F)c(C(N)CO)cc1C(=O)O. The first-order chi connectivity index (χ1) is 6.97. The Balaban J connectivity index is 3.29. The number of carbonyl (C=O) groups is 1. The molecule has 15 heavy (non-hydrogen) atoms. The molecule has 82 valence electrons. The third kappa shape index (κ3) is 2.31. The minimum absolute atomic E-state index is 0.00435. The van der Waals surface area contributed by atoms with Crippen LogP contribution in [0.5, 0.6) is 0 Å². The maximum absolute atomic E-state index is 13.3. The summed E-state index contributed by atoms with van der Waals surface area (Å²) in [5.74, 6) is -1.74. The summed E-state index contributed by atoms with van der Waals surface area (Å²) >= 11 is 0. The summed E-state index contributed by atoms with van der Waals surface area (Å²) in [5, 5.41) is 17.6. The largest absolute Gasteiger partial charge is 0.478 e. The number of rotatable bonds is 3. The molecule has 4 N–H and O–H groups in total. The Bertz CT molecular complexity index is 392. The van der Waals surface area contributed by atoms with Crippen molar-refractivity contribution < 1.29 is 19.4 Å². The molecule has 0 amide bonds. The van der Waals surface area contributed by atoms with Gasteiger partial charge in [0, 0.05) is 5.56 Å². The van der Waals surface area contributed by atoms with Crippen LogP contribution in [0.3, 0.4) is 0 Å². The summed E-state index contributed by atoms with van der Waals surface area (Å²) in [6.45, 7) is 1.07. The Kier molecular flexibility index (Phi) is 3.39. The molecule has 0 saturated heterocycles. The van der Waals surface area contributed by atoms with Crippen molar-refractivity contribution in [2.45, 2.75) is 13.0 Å². The second kappa shape index (κ2) is 4.37. The first kappa shape index (κ1) is 11.6. The van der Waals surface area contributed by atoms with E-state index in [0.717, 1.165) is 12.1 Å². The number of halogens is 1. The molecule has 0 bridgehead atoms. The third-order valence-corrected chi connectivity index (χ3v) is 2.17. The second-order valence-electron chi connectivity index (χ2n) is 3.28. The smallest absolute Gasteiger partial charge is 0.335 e. The normalized spacial score (nSPS) is 12.5. The molecule has 1 aromatic rings. The molecule has 5 heteroatoms. The van der Waals surface area contributed by atoms with Gasteiger partial charge in [-0.3, -0.25) is 0 Å². The number of aryl methyl sites for hydroxylation is 1. The molecular formula is C10H12FNO3. The number of carboxylic acid groups (broad SMARTS) is 1. The number of hydrogen-bond donors (Lipinski definition) is 3. The van der Waals surface area contributed by atoms with E-state index < -0.39 is 24.4 Å². The summed E-state index contributed by atoms with van der Waals surface area (Å²) in [7, 11) is 0. The van der Waals surface area contributed by atoms with Gasteiger partial charge < -0.3 is 15.9 Å². The van der Waals surface area contributed by atoms with Crippen LogP contribution < -0.4 is 5.73 Å². The van der Waals surface area contributed by atoms with Crippen molar-refractivity contribution in [2.75, 3.05) is 6.61 Å². The average molecular weight is 213 g/mol. The van der Waals surface area contributed by atoms with Gasteiger partial charge in [-0.15, -0.1) is 0 Å². The van der Waals surface area contributed by atoms with Crippen molar-refractivity contribution in [1.29, 1.82) is 0 Å². The lowest BCUT2D eigenvalue weighted by Gasteiger charge is -2.12. The van der Waals surface area contributed by atoms with Gasteiger partial charge >= 0.3 is 5.97 Å². The van der Waals surface area contributed by atoms with Crippen molar-refractivity contribution in [1.82, 2.24) is 0 Å². The van der Waals surface area contributed by atoms with Crippen molar-refractivity contribution >= 4 is 5.97 Å². The van der Waals surface area contributed by atoms with E-state index in [-0.39, 0.29) is 11.1 Å². The van der Waals surface area contributed by atoms with E-state index in [0.29, 0.717) is 5.56 Å². The topological polar surface area (TPSA) is 83.5 Å². The predicted molar refractivity (Wildman–Crippen MR) is 52.1 cm³/mol. The highest BCUT2D eigenvalue weighted by atomic mass is 19.1. The number of aliphatic hydroxyl groups excluding tert-OH is 1. The van der Waals surface area contributed by atoms with Crippen molar-refractivity contribution in [2.24, 2.45) is 5.73 Å². The number of aliphatic hydroxyl groups is 1. The lowest BCUT2D eigenvalue weighted by Crippen LogP contribution is -2.17. The van der Waals surface area contributed by atoms with Crippen LogP contribution in [0.1, 0.15) is 27.5 Å². The average Bonchev–Trinajstić information content (AvgIpc) is 2.16. The van der Waals surface area contributed by atoms with Crippen molar-refractivity contribution in [3.63, 3.8) is 0 Å². The molecule has 0 aliphatic carbocycles. The first-order valence-corrected chi connectivity index (χ1v) is 4.37. The fourth-order valence-electron chi connectivity index (χ4n) is 1.30. The molecule has 0 spiro atoms. The van der Waals surface area contributed by atoms with Gasteiger partial charge in [0.05, 0.1) is 18.2 Å². The van der Waals surface area contributed by atoms with E-state index in [9.17, 15) is 9.18 Å². The molecule has 0 radical (unpaired) electrons. The van der Waals surface area contributed by atoms with Crippen LogP contribution in [-0.2, 0) is 0 Å². The van der Waals surface area contributed by atoms with E-state index >= 15 is 0 Å². The number of nitrogens with two attached hydrogens (primary N) is 1. The van der Waals surface area contributed by atoms with Crippen molar-refractivity contribution in [3.05, 3.63) is 34.6 Å². The number of aromatic carboxylic acids is 1. The molecule has 0 aliphatic rings. The quantitative estimate of drug-likeness (QED) is 0.694. The van der Waals surface area contributed by atoms with Crippen LogP contribution in [0.25, 0.3) is 0 Å². The maximum Gasteiger partial charge on any atom is 0.335 e. The Morgan fingerprint density at radius 2 is 2.20 bits per heavy atom. The van der Waals surface area contributed by atoms with Crippen LogP contribution in [0, 0.1) is 12.7 Å². The highest BCUT2D eigenvalue weighted by molar-refractivity contribution is 5.89. The summed E-state index contributed by atoms with van der Waals surface area (Å²) in [5.41, 5.74) is 5.77. The molecule has 0 heterocycles. The van der Waals surface area contributed by atoms with E-state index in [1.807, 2.05) is 0 Å². The number of benzene rings is 1. The molecule has 1 aromatic carbocycles. The van der Waals surface area contributed by atoms with Crippen LogP contribution in [0.15, 0.2) is 12.1 Å². The zero-order chi connectivity index (χ0) is 11.6. The second-order valence-corrected chi connectivity index (χ2v) is 3.28. The van der Waals surface area contributed by atoms with Crippen LogP contribution in [0.2, 0.25) is 0 Å². The number of hydrogen-bond acceptors (Lipinski definition) is 3. The van der Waals surface area contributed by atoms with E-state index in [1.165, 1.54) is 6.92 Å². The van der Waals surface area contributed by atoms with Gasteiger partial charge in [0.25, 0.3) is 0 Å². The Morgan fingerprint density at radius 3 is 2.67 bits per heavy atom. The zero-order valence-corrected chi connectivity index (χ0v) is 8.20. The maximum atomic E-state index is 13.3. The fourth-order valence-corrected chi connectivity index (χ4v) is 1.30. The number of carboxylic acids is 1. The molecule has 0 saturated carbocycles. The summed E-state index contributed by atoms with van der Waals surface area (Å²) in [6.07, 6.45) is 0. The molecular weight excluding hydrogens is 201 g/mol. The minimum Gasteiger partial charge on any atom is -0.478 e. The molecule has 4 nitrogen and oxygen atoms in total. The third-order valence-electron chi connectivity index (χ3n) is 2.17. The van der Waals surface area contributed by atoms with E-state index in [2.05, 4.69) is 0 Å². The van der Waals surface area contributed by atoms with Crippen molar-refractivity contribution in [3.8, 4) is 0 Å². The monoisotopic (exact) mass is 213 g/mol. The van der Waals surface area contributed by atoms with Gasteiger partial charge in [-0.2, -0.15) is 0 Å². The summed E-state index contributed by atoms with van der Waals surface area (Å²) < 4.78 is 13.3. The van der Waals surface area contributed by atoms with Gasteiger partial charge in [-0.25, -0.2) is 9.18 Å². The van der Waals surface area contributed by atoms with Gasteiger partial charge in [-0.1, -0.05) is 0 Å². The van der Waals surface area contributed by atoms with Crippen LogP contribution in [0.4, 0.5) is 4.39 Å². The minimum atomic E-state index is -1.14. The fraction of sp³-hybridized carbons (Fsp3) is 0.300.